The summed E-state index contributed by atoms with van der Waals surface area (Å²) in [6.45, 7) is 5.60. The lowest BCUT2D eigenvalue weighted by molar-refractivity contribution is 0.269. The molecule has 0 saturated carbocycles. The number of aliphatic hydroxyl groups excluding tert-OH is 1. The molecule has 0 aliphatic heterocycles. The zero-order chi connectivity index (χ0) is 13.0. The lowest BCUT2D eigenvalue weighted by atomic mass is 10.1. The summed E-state index contributed by atoms with van der Waals surface area (Å²) in [5, 5.41) is 16.4. The molecule has 1 aromatic heterocycles. The van der Waals surface area contributed by atoms with E-state index in [4.69, 9.17) is 5.11 Å². The molecule has 2 rings (SSSR count). The van der Waals surface area contributed by atoms with Gasteiger partial charge in [0, 0.05) is 24.0 Å². The van der Waals surface area contributed by atoms with Crippen molar-refractivity contribution < 1.29 is 5.11 Å². The van der Waals surface area contributed by atoms with Gasteiger partial charge in [-0.1, -0.05) is 6.07 Å². The summed E-state index contributed by atoms with van der Waals surface area (Å²) in [5.41, 5.74) is 4.76. The fourth-order valence-electron chi connectivity index (χ4n) is 2.00. The number of hydrogen-bond donors (Lipinski definition) is 2. The Balaban J connectivity index is 1.97. The van der Waals surface area contributed by atoms with Gasteiger partial charge in [0.05, 0.1) is 19.3 Å². The second-order valence-corrected chi connectivity index (χ2v) is 4.57. The van der Waals surface area contributed by atoms with Gasteiger partial charge in [-0.25, -0.2) is 0 Å². The standard InChI is InChI=1S/C14H19N3O/c1-11-5-12(2)7-14(6-11)15-8-13-9-16-17(10-13)3-4-18/h5-7,9-10,15,18H,3-4,8H2,1-2H3. The van der Waals surface area contributed by atoms with Gasteiger partial charge >= 0.3 is 0 Å². The van der Waals surface area contributed by atoms with E-state index in [1.807, 2.05) is 12.4 Å². The molecule has 0 atom stereocenters. The van der Waals surface area contributed by atoms with E-state index in [2.05, 4.69) is 42.5 Å². The van der Waals surface area contributed by atoms with Gasteiger partial charge in [0.2, 0.25) is 0 Å². The first-order valence-electron chi connectivity index (χ1n) is 6.12. The lowest BCUT2D eigenvalue weighted by Gasteiger charge is -2.07. The van der Waals surface area contributed by atoms with Gasteiger partial charge in [-0.15, -0.1) is 0 Å². The van der Waals surface area contributed by atoms with Crippen molar-refractivity contribution in [3.05, 3.63) is 47.3 Å². The van der Waals surface area contributed by atoms with Crippen LogP contribution in [0.5, 0.6) is 0 Å². The fraction of sp³-hybridized carbons (Fsp3) is 0.357. The van der Waals surface area contributed by atoms with Crippen LogP contribution in [0.25, 0.3) is 0 Å². The van der Waals surface area contributed by atoms with Gasteiger partial charge < -0.3 is 10.4 Å². The first-order chi connectivity index (χ1) is 8.67. The Morgan fingerprint density at radius 2 is 1.94 bits per heavy atom. The minimum Gasteiger partial charge on any atom is -0.394 e. The van der Waals surface area contributed by atoms with E-state index in [9.17, 15) is 0 Å². The summed E-state index contributed by atoms with van der Waals surface area (Å²) < 4.78 is 1.75. The number of anilines is 1. The fourth-order valence-corrected chi connectivity index (χ4v) is 2.00. The second kappa shape index (κ2) is 5.69. The number of rotatable bonds is 5. The largest absolute Gasteiger partial charge is 0.394 e. The quantitative estimate of drug-likeness (QED) is 0.848. The molecular formula is C14H19N3O. The molecule has 0 radical (unpaired) electrons. The van der Waals surface area contributed by atoms with Crippen LogP contribution in [0.1, 0.15) is 16.7 Å². The highest BCUT2D eigenvalue weighted by atomic mass is 16.3. The minimum absolute atomic E-state index is 0.117. The van der Waals surface area contributed by atoms with Gasteiger partial charge in [-0.2, -0.15) is 5.10 Å². The summed E-state index contributed by atoms with van der Waals surface area (Å²) in [6.07, 6.45) is 3.77. The number of aromatic nitrogens is 2. The molecule has 4 heteroatoms. The SMILES string of the molecule is Cc1cc(C)cc(NCc2cnn(CCO)c2)c1. The van der Waals surface area contributed by atoms with E-state index in [1.54, 1.807) is 4.68 Å². The van der Waals surface area contributed by atoms with Gasteiger partial charge in [0.1, 0.15) is 0 Å². The predicted molar refractivity (Wildman–Crippen MR) is 72.6 cm³/mol. The molecule has 0 bridgehead atoms. The number of benzene rings is 1. The van der Waals surface area contributed by atoms with Crippen molar-refractivity contribution in [2.45, 2.75) is 26.9 Å². The summed E-state index contributed by atoms with van der Waals surface area (Å²) in [4.78, 5) is 0. The summed E-state index contributed by atoms with van der Waals surface area (Å²) >= 11 is 0. The van der Waals surface area contributed by atoms with Crippen LogP contribution >= 0.6 is 0 Å². The first-order valence-corrected chi connectivity index (χ1v) is 6.12. The predicted octanol–water partition coefficient (Wildman–Crippen LogP) is 2.10. The van der Waals surface area contributed by atoms with E-state index >= 15 is 0 Å². The Hall–Kier alpha value is -1.81. The minimum atomic E-state index is 0.117. The van der Waals surface area contributed by atoms with Crippen LogP contribution in [-0.2, 0) is 13.1 Å². The Labute approximate surface area is 107 Å². The molecule has 1 aromatic carbocycles. The van der Waals surface area contributed by atoms with E-state index in [1.165, 1.54) is 11.1 Å². The van der Waals surface area contributed by atoms with Crippen molar-refractivity contribution in [3.63, 3.8) is 0 Å². The van der Waals surface area contributed by atoms with Crippen LogP contribution in [0.3, 0.4) is 0 Å². The summed E-state index contributed by atoms with van der Waals surface area (Å²) in [7, 11) is 0. The van der Waals surface area contributed by atoms with E-state index in [-0.39, 0.29) is 6.61 Å². The molecule has 2 aromatic rings. The van der Waals surface area contributed by atoms with Crippen molar-refractivity contribution in [2.75, 3.05) is 11.9 Å². The van der Waals surface area contributed by atoms with Crippen LogP contribution in [0.2, 0.25) is 0 Å². The van der Waals surface area contributed by atoms with Gasteiger partial charge in [-0.3, -0.25) is 4.68 Å². The third-order valence-electron chi connectivity index (χ3n) is 2.73. The smallest absolute Gasteiger partial charge is 0.0640 e. The lowest BCUT2D eigenvalue weighted by Crippen LogP contribution is -2.02. The maximum atomic E-state index is 8.82. The summed E-state index contributed by atoms with van der Waals surface area (Å²) in [6, 6.07) is 6.42. The molecule has 2 N–H and O–H groups in total. The van der Waals surface area contributed by atoms with Crippen LogP contribution in [0.4, 0.5) is 5.69 Å². The number of aryl methyl sites for hydroxylation is 2. The molecule has 1 heterocycles. The Morgan fingerprint density at radius 3 is 2.61 bits per heavy atom. The molecule has 96 valence electrons. The van der Waals surface area contributed by atoms with Crippen molar-refractivity contribution in [1.29, 1.82) is 0 Å². The molecule has 0 spiro atoms. The third-order valence-corrected chi connectivity index (χ3v) is 2.73. The molecule has 0 unspecified atom stereocenters. The van der Waals surface area contributed by atoms with Gasteiger partial charge in [0.25, 0.3) is 0 Å². The number of aliphatic hydroxyl groups is 1. The van der Waals surface area contributed by atoms with E-state index < -0.39 is 0 Å². The third kappa shape index (κ3) is 3.34. The molecule has 4 nitrogen and oxygen atoms in total. The normalized spacial score (nSPS) is 10.6. The zero-order valence-electron chi connectivity index (χ0n) is 10.8. The molecule has 0 aliphatic rings. The Kier molecular flexibility index (Phi) is 3.99. The average Bonchev–Trinajstić information content (AvgIpc) is 2.74. The molecule has 18 heavy (non-hydrogen) atoms. The molecule has 0 fully saturated rings. The van der Waals surface area contributed by atoms with Crippen LogP contribution in [0, 0.1) is 13.8 Å². The average molecular weight is 245 g/mol. The van der Waals surface area contributed by atoms with E-state index in [0.717, 1.165) is 17.8 Å². The number of hydrogen-bond acceptors (Lipinski definition) is 3. The van der Waals surface area contributed by atoms with Crippen LogP contribution in [0.15, 0.2) is 30.6 Å². The van der Waals surface area contributed by atoms with Crippen LogP contribution < -0.4 is 5.32 Å². The highest BCUT2D eigenvalue weighted by Gasteiger charge is 1.99. The Bertz CT molecular complexity index is 499. The highest BCUT2D eigenvalue weighted by Crippen LogP contribution is 2.14. The molecule has 0 aliphatic carbocycles. The molecule has 0 saturated heterocycles. The summed E-state index contributed by atoms with van der Waals surface area (Å²) in [5.74, 6) is 0. The van der Waals surface area contributed by atoms with Gasteiger partial charge in [-0.05, 0) is 37.1 Å². The van der Waals surface area contributed by atoms with Crippen molar-refractivity contribution >= 4 is 5.69 Å². The zero-order valence-corrected chi connectivity index (χ0v) is 10.8. The molecule has 0 amide bonds. The van der Waals surface area contributed by atoms with Crippen molar-refractivity contribution in [3.8, 4) is 0 Å². The van der Waals surface area contributed by atoms with Crippen molar-refractivity contribution in [2.24, 2.45) is 0 Å². The topological polar surface area (TPSA) is 50.1 Å². The second-order valence-electron chi connectivity index (χ2n) is 4.57. The maximum Gasteiger partial charge on any atom is 0.0640 e. The van der Waals surface area contributed by atoms with E-state index in [0.29, 0.717) is 6.54 Å². The van der Waals surface area contributed by atoms with Crippen molar-refractivity contribution in [1.82, 2.24) is 9.78 Å². The highest BCUT2D eigenvalue weighted by molar-refractivity contribution is 5.48. The maximum absolute atomic E-state index is 8.82. The Morgan fingerprint density at radius 1 is 1.22 bits per heavy atom. The van der Waals surface area contributed by atoms with Crippen LogP contribution in [-0.4, -0.2) is 21.5 Å². The number of nitrogens with one attached hydrogen (secondary N) is 1. The number of nitrogens with zero attached hydrogens (tertiary/aromatic N) is 2. The monoisotopic (exact) mass is 245 g/mol. The first kappa shape index (κ1) is 12.6. The molecular weight excluding hydrogens is 226 g/mol. The van der Waals surface area contributed by atoms with Gasteiger partial charge in [0.15, 0.2) is 0 Å².